The molecule has 15 heavy (non-hydrogen) atoms. The van der Waals surface area contributed by atoms with Gasteiger partial charge in [-0.1, -0.05) is 0 Å². The maximum atomic E-state index is 12.5. The van der Waals surface area contributed by atoms with Gasteiger partial charge in [0, 0.05) is 12.7 Å². The molecule has 1 fully saturated rings. The van der Waals surface area contributed by atoms with Crippen molar-refractivity contribution < 1.29 is 13.9 Å². The Bertz CT molecular complexity index is 347. The Hall–Kier alpha value is -1.49. The van der Waals surface area contributed by atoms with Gasteiger partial charge in [0.15, 0.2) is 0 Å². The van der Waals surface area contributed by atoms with E-state index in [1.54, 1.807) is 4.90 Å². The molecule has 1 amide bonds. The highest BCUT2D eigenvalue weighted by molar-refractivity contribution is 5.93. The zero-order chi connectivity index (χ0) is 10.7. The second-order valence-corrected chi connectivity index (χ2v) is 3.33. The summed E-state index contributed by atoms with van der Waals surface area (Å²) in [4.78, 5) is 16.8. The number of carbonyl (C=O) groups excluding carboxylic acids is 1. The van der Waals surface area contributed by atoms with Gasteiger partial charge in [0.1, 0.15) is 6.73 Å². The predicted octanol–water partition coefficient (Wildman–Crippen LogP) is 1.04. The average molecular weight is 210 g/mol. The largest absolute Gasteiger partial charge is 0.361 e. The van der Waals surface area contributed by atoms with Crippen LogP contribution in [0.5, 0.6) is 0 Å². The van der Waals surface area contributed by atoms with E-state index < -0.39 is 5.95 Å². The van der Waals surface area contributed by atoms with Crippen molar-refractivity contribution in [3.8, 4) is 0 Å². The number of hydrogen-bond donors (Lipinski definition) is 0. The van der Waals surface area contributed by atoms with Gasteiger partial charge in [0.2, 0.25) is 5.95 Å². The highest BCUT2D eigenvalue weighted by atomic mass is 19.1. The molecule has 0 bridgehead atoms. The van der Waals surface area contributed by atoms with E-state index in [2.05, 4.69) is 4.98 Å². The monoisotopic (exact) mass is 210 g/mol. The van der Waals surface area contributed by atoms with E-state index in [-0.39, 0.29) is 5.91 Å². The number of amides is 1. The summed E-state index contributed by atoms with van der Waals surface area (Å²) in [5.74, 6) is -0.747. The molecule has 0 aliphatic carbocycles. The van der Waals surface area contributed by atoms with Gasteiger partial charge in [-0.15, -0.1) is 0 Å². The third-order valence-corrected chi connectivity index (χ3v) is 2.23. The summed E-state index contributed by atoms with van der Waals surface area (Å²) in [7, 11) is 0. The summed E-state index contributed by atoms with van der Waals surface area (Å²) in [5.41, 5.74) is 0.391. The summed E-state index contributed by atoms with van der Waals surface area (Å²) in [5, 5.41) is 0. The summed E-state index contributed by atoms with van der Waals surface area (Å²) in [6.07, 6.45) is 2.08. The number of pyridine rings is 1. The average Bonchev–Trinajstić information content (AvgIpc) is 2.30. The van der Waals surface area contributed by atoms with E-state index in [4.69, 9.17) is 4.74 Å². The van der Waals surface area contributed by atoms with E-state index in [9.17, 15) is 9.18 Å². The molecule has 1 aromatic rings. The number of nitrogens with zero attached hydrogens (tertiary/aromatic N) is 2. The first-order valence-corrected chi connectivity index (χ1v) is 4.76. The molecule has 1 aliphatic rings. The van der Waals surface area contributed by atoms with Crippen LogP contribution in [0.3, 0.4) is 0 Å². The highest BCUT2D eigenvalue weighted by Gasteiger charge is 2.18. The molecule has 5 heteroatoms. The lowest BCUT2D eigenvalue weighted by atomic mass is 10.2. The fourth-order valence-electron chi connectivity index (χ4n) is 1.44. The third kappa shape index (κ3) is 2.30. The summed E-state index contributed by atoms with van der Waals surface area (Å²) in [6.45, 7) is 1.66. The second-order valence-electron chi connectivity index (χ2n) is 3.33. The SMILES string of the molecule is O=C(c1ccc(F)nc1)N1CCCOC1. The van der Waals surface area contributed by atoms with Crippen molar-refractivity contribution in [2.75, 3.05) is 19.9 Å². The Morgan fingerprint density at radius 1 is 1.53 bits per heavy atom. The number of carbonyl (C=O) groups is 1. The first-order valence-electron chi connectivity index (χ1n) is 4.76. The van der Waals surface area contributed by atoms with Crippen LogP contribution in [0.15, 0.2) is 18.3 Å². The first-order chi connectivity index (χ1) is 7.27. The van der Waals surface area contributed by atoms with Crippen LogP contribution in [0.25, 0.3) is 0 Å². The molecule has 0 atom stereocenters. The molecule has 80 valence electrons. The van der Waals surface area contributed by atoms with Crippen molar-refractivity contribution >= 4 is 5.91 Å². The molecule has 0 saturated carbocycles. The van der Waals surface area contributed by atoms with Gasteiger partial charge in [-0.3, -0.25) is 4.79 Å². The van der Waals surface area contributed by atoms with Gasteiger partial charge in [-0.05, 0) is 18.6 Å². The summed E-state index contributed by atoms with van der Waals surface area (Å²) >= 11 is 0. The van der Waals surface area contributed by atoms with Crippen LogP contribution in [0.4, 0.5) is 4.39 Å². The summed E-state index contributed by atoms with van der Waals surface area (Å²) in [6, 6.07) is 2.61. The van der Waals surface area contributed by atoms with E-state index in [1.807, 2.05) is 0 Å². The third-order valence-electron chi connectivity index (χ3n) is 2.23. The Labute approximate surface area is 86.7 Å². The molecule has 1 aromatic heterocycles. The van der Waals surface area contributed by atoms with Crippen molar-refractivity contribution in [1.82, 2.24) is 9.88 Å². The van der Waals surface area contributed by atoms with Crippen LogP contribution in [-0.4, -0.2) is 35.7 Å². The molecule has 0 radical (unpaired) electrons. The van der Waals surface area contributed by atoms with Crippen LogP contribution in [0, 0.1) is 5.95 Å². The van der Waals surface area contributed by atoms with Crippen LogP contribution >= 0.6 is 0 Å². The smallest absolute Gasteiger partial charge is 0.257 e. The van der Waals surface area contributed by atoms with Crippen molar-refractivity contribution in [2.45, 2.75) is 6.42 Å². The molecule has 1 saturated heterocycles. The molecular weight excluding hydrogens is 199 g/mol. The quantitative estimate of drug-likeness (QED) is 0.650. The fourth-order valence-corrected chi connectivity index (χ4v) is 1.44. The standard InChI is InChI=1S/C10H11FN2O2/c11-9-3-2-8(6-12-9)10(14)13-4-1-5-15-7-13/h2-3,6H,1,4-5,7H2. The Morgan fingerprint density at radius 2 is 2.40 bits per heavy atom. The van der Waals surface area contributed by atoms with Crippen molar-refractivity contribution in [2.24, 2.45) is 0 Å². The van der Waals surface area contributed by atoms with Gasteiger partial charge < -0.3 is 9.64 Å². The zero-order valence-electron chi connectivity index (χ0n) is 8.15. The van der Waals surface area contributed by atoms with Crippen molar-refractivity contribution in [3.05, 3.63) is 29.8 Å². The molecular formula is C10H11FN2O2. The molecule has 1 aliphatic heterocycles. The van der Waals surface area contributed by atoms with E-state index in [1.165, 1.54) is 18.3 Å². The predicted molar refractivity (Wildman–Crippen MR) is 50.7 cm³/mol. The number of ether oxygens (including phenoxy) is 1. The van der Waals surface area contributed by atoms with Gasteiger partial charge >= 0.3 is 0 Å². The van der Waals surface area contributed by atoms with E-state index >= 15 is 0 Å². The Morgan fingerprint density at radius 3 is 3.00 bits per heavy atom. The maximum absolute atomic E-state index is 12.5. The molecule has 0 N–H and O–H groups in total. The fraction of sp³-hybridized carbons (Fsp3) is 0.400. The number of hydrogen-bond acceptors (Lipinski definition) is 3. The van der Waals surface area contributed by atoms with Crippen LogP contribution < -0.4 is 0 Å². The lowest BCUT2D eigenvalue weighted by Gasteiger charge is -2.26. The Kier molecular flexibility index (Phi) is 2.91. The van der Waals surface area contributed by atoms with Gasteiger partial charge in [-0.2, -0.15) is 4.39 Å². The molecule has 0 aromatic carbocycles. The van der Waals surface area contributed by atoms with E-state index in [0.717, 1.165) is 6.42 Å². The normalized spacial score (nSPS) is 16.5. The minimum Gasteiger partial charge on any atom is -0.361 e. The second kappa shape index (κ2) is 4.35. The minimum absolute atomic E-state index is 0.165. The molecule has 2 rings (SSSR count). The lowest BCUT2D eigenvalue weighted by Crippen LogP contribution is -2.38. The molecule has 0 unspecified atom stereocenters. The lowest BCUT2D eigenvalue weighted by molar-refractivity contribution is -0.00573. The molecule has 0 spiro atoms. The first kappa shape index (κ1) is 10.0. The summed E-state index contributed by atoms with van der Waals surface area (Å²) < 4.78 is 17.7. The zero-order valence-corrected chi connectivity index (χ0v) is 8.15. The van der Waals surface area contributed by atoms with Crippen molar-refractivity contribution in [3.63, 3.8) is 0 Å². The van der Waals surface area contributed by atoms with Crippen LogP contribution in [0.2, 0.25) is 0 Å². The molecule has 4 nitrogen and oxygen atoms in total. The van der Waals surface area contributed by atoms with E-state index in [0.29, 0.717) is 25.4 Å². The molecule has 2 heterocycles. The van der Waals surface area contributed by atoms with Crippen LogP contribution in [0.1, 0.15) is 16.8 Å². The minimum atomic E-state index is -0.582. The number of halogens is 1. The Balaban J connectivity index is 2.09. The van der Waals surface area contributed by atoms with Gasteiger partial charge in [0.05, 0.1) is 12.2 Å². The van der Waals surface area contributed by atoms with Crippen molar-refractivity contribution in [1.29, 1.82) is 0 Å². The highest BCUT2D eigenvalue weighted by Crippen LogP contribution is 2.08. The van der Waals surface area contributed by atoms with Gasteiger partial charge in [0.25, 0.3) is 5.91 Å². The maximum Gasteiger partial charge on any atom is 0.257 e. The van der Waals surface area contributed by atoms with Crippen LogP contribution in [-0.2, 0) is 4.74 Å². The van der Waals surface area contributed by atoms with Gasteiger partial charge in [-0.25, -0.2) is 4.98 Å². The topological polar surface area (TPSA) is 42.4 Å². The number of aromatic nitrogens is 1. The number of rotatable bonds is 1.